The van der Waals surface area contributed by atoms with Gasteiger partial charge < -0.3 is 5.11 Å². The number of hydrogen-bond donors (Lipinski definition) is 1. The van der Waals surface area contributed by atoms with Gasteiger partial charge in [-0.2, -0.15) is 0 Å². The van der Waals surface area contributed by atoms with Crippen LogP contribution in [0.4, 0.5) is 4.39 Å². The second-order valence-electron chi connectivity index (χ2n) is 4.57. The first-order valence-electron chi connectivity index (χ1n) is 5.79. The van der Waals surface area contributed by atoms with Crippen molar-refractivity contribution in [3.63, 3.8) is 0 Å². The number of aryl methyl sites for hydroxylation is 2. The molecule has 2 aromatic rings. The molecule has 1 N–H and O–H groups in total. The Balaban J connectivity index is 2.46. The maximum atomic E-state index is 13.6. The topological polar surface area (TPSA) is 20.2 Å². The first-order chi connectivity index (χ1) is 8.88. The molecule has 0 bridgehead atoms. The largest absolute Gasteiger partial charge is 0.384 e. The Morgan fingerprint density at radius 2 is 1.32 bits per heavy atom. The maximum absolute atomic E-state index is 13.6. The van der Waals surface area contributed by atoms with E-state index in [2.05, 4.69) is 31.9 Å². The SMILES string of the molecule is Cc1cc(C(O)c2cc(Br)cc(Br)c2)cc(C)c1F. The average Bonchev–Trinajstić information content (AvgIpc) is 2.33. The lowest BCUT2D eigenvalue weighted by Crippen LogP contribution is -2.02. The van der Waals surface area contributed by atoms with Crippen LogP contribution in [0.15, 0.2) is 39.3 Å². The summed E-state index contributed by atoms with van der Waals surface area (Å²) >= 11 is 6.79. The zero-order valence-corrected chi connectivity index (χ0v) is 13.7. The summed E-state index contributed by atoms with van der Waals surface area (Å²) in [6.45, 7) is 3.41. The van der Waals surface area contributed by atoms with E-state index in [1.54, 1.807) is 26.0 Å². The summed E-state index contributed by atoms with van der Waals surface area (Å²) in [5.41, 5.74) is 2.54. The molecule has 2 aromatic carbocycles. The molecule has 1 nitrogen and oxygen atoms in total. The Kier molecular flexibility index (Phi) is 4.43. The Morgan fingerprint density at radius 3 is 1.79 bits per heavy atom. The van der Waals surface area contributed by atoms with Crippen LogP contribution >= 0.6 is 31.9 Å². The molecule has 0 aromatic heterocycles. The highest BCUT2D eigenvalue weighted by Gasteiger charge is 2.14. The summed E-state index contributed by atoms with van der Waals surface area (Å²) in [6, 6.07) is 8.97. The Labute approximate surface area is 128 Å². The number of benzene rings is 2. The van der Waals surface area contributed by atoms with E-state index in [0.717, 1.165) is 14.5 Å². The van der Waals surface area contributed by atoms with Crippen molar-refractivity contribution in [3.05, 3.63) is 67.3 Å². The van der Waals surface area contributed by atoms with Gasteiger partial charge in [0.05, 0.1) is 0 Å². The molecule has 1 atom stereocenters. The third-order valence-electron chi connectivity index (χ3n) is 2.98. The van der Waals surface area contributed by atoms with E-state index in [9.17, 15) is 9.50 Å². The minimum Gasteiger partial charge on any atom is -0.384 e. The lowest BCUT2D eigenvalue weighted by atomic mass is 9.97. The highest BCUT2D eigenvalue weighted by molar-refractivity contribution is 9.11. The van der Waals surface area contributed by atoms with Gasteiger partial charge in [0.25, 0.3) is 0 Å². The molecule has 1 unspecified atom stereocenters. The van der Waals surface area contributed by atoms with Crippen molar-refractivity contribution in [2.24, 2.45) is 0 Å². The Bertz CT molecular complexity index is 582. The monoisotopic (exact) mass is 386 g/mol. The average molecular weight is 388 g/mol. The van der Waals surface area contributed by atoms with Crippen LogP contribution in [0.3, 0.4) is 0 Å². The van der Waals surface area contributed by atoms with E-state index >= 15 is 0 Å². The fourth-order valence-corrected chi connectivity index (χ4v) is 3.39. The standard InChI is InChI=1S/C15H13Br2FO/c1-8-3-10(4-9(2)14(8)18)15(19)11-5-12(16)7-13(17)6-11/h3-7,15,19H,1-2H3. The van der Waals surface area contributed by atoms with Crippen molar-refractivity contribution in [2.45, 2.75) is 20.0 Å². The van der Waals surface area contributed by atoms with Gasteiger partial charge in [0.1, 0.15) is 11.9 Å². The molecule has 4 heteroatoms. The second-order valence-corrected chi connectivity index (χ2v) is 6.41. The summed E-state index contributed by atoms with van der Waals surface area (Å²) in [4.78, 5) is 0. The molecule has 0 aliphatic heterocycles. The minimum absolute atomic E-state index is 0.216. The van der Waals surface area contributed by atoms with Crippen LogP contribution in [0.2, 0.25) is 0 Å². The van der Waals surface area contributed by atoms with Crippen LogP contribution in [0.25, 0.3) is 0 Å². The van der Waals surface area contributed by atoms with Crippen molar-refractivity contribution in [1.29, 1.82) is 0 Å². The van der Waals surface area contributed by atoms with Gasteiger partial charge in [-0.1, -0.05) is 44.0 Å². The molecule has 0 spiro atoms. The third kappa shape index (κ3) is 3.25. The van der Waals surface area contributed by atoms with E-state index in [4.69, 9.17) is 0 Å². The first kappa shape index (κ1) is 14.7. The third-order valence-corrected chi connectivity index (χ3v) is 3.89. The van der Waals surface area contributed by atoms with E-state index in [0.29, 0.717) is 16.7 Å². The van der Waals surface area contributed by atoms with E-state index in [1.807, 2.05) is 18.2 Å². The summed E-state index contributed by atoms with van der Waals surface area (Å²) in [6.07, 6.45) is -0.771. The van der Waals surface area contributed by atoms with Gasteiger partial charge in [-0.3, -0.25) is 0 Å². The van der Waals surface area contributed by atoms with Crippen molar-refractivity contribution in [2.75, 3.05) is 0 Å². The number of halogens is 3. The van der Waals surface area contributed by atoms with Gasteiger partial charge in [-0.25, -0.2) is 4.39 Å². The van der Waals surface area contributed by atoms with Crippen LogP contribution in [-0.2, 0) is 0 Å². The van der Waals surface area contributed by atoms with Crippen LogP contribution in [-0.4, -0.2) is 5.11 Å². The predicted octanol–water partition coefficient (Wildman–Crippen LogP) is 5.05. The summed E-state index contributed by atoms with van der Waals surface area (Å²) in [5.74, 6) is -0.216. The molecule has 0 aliphatic rings. The maximum Gasteiger partial charge on any atom is 0.129 e. The van der Waals surface area contributed by atoms with Crippen molar-refractivity contribution in [3.8, 4) is 0 Å². The van der Waals surface area contributed by atoms with E-state index in [1.165, 1.54) is 0 Å². The molecule has 0 radical (unpaired) electrons. The van der Waals surface area contributed by atoms with Crippen LogP contribution in [0.1, 0.15) is 28.4 Å². The fraction of sp³-hybridized carbons (Fsp3) is 0.200. The molecule has 0 fully saturated rings. The summed E-state index contributed by atoms with van der Waals surface area (Å²) < 4.78 is 15.4. The molecule has 0 aliphatic carbocycles. The Hall–Kier alpha value is -0.710. The van der Waals surface area contributed by atoms with Gasteiger partial charge >= 0.3 is 0 Å². The van der Waals surface area contributed by atoms with Gasteiger partial charge in [-0.05, 0) is 54.3 Å². The van der Waals surface area contributed by atoms with Crippen LogP contribution < -0.4 is 0 Å². The fourth-order valence-electron chi connectivity index (χ4n) is 2.06. The van der Waals surface area contributed by atoms with Crippen LogP contribution in [0.5, 0.6) is 0 Å². The highest BCUT2D eigenvalue weighted by atomic mass is 79.9. The van der Waals surface area contributed by atoms with Gasteiger partial charge in [-0.15, -0.1) is 0 Å². The van der Waals surface area contributed by atoms with Gasteiger partial charge in [0.15, 0.2) is 0 Å². The van der Waals surface area contributed by atoms with Crippen molar-refractivity contribution >= 4 is 31.9 Å². The number of aliphatic hydroxyl groups excluding tert-OH is 1. The van der Waals surface area contributed by atoms with Gasteiger partial charge in [0.2, 0.25) is 0 Å². The Morgan fingerprint density at radius 1 is 0.895 bits per heavy atom. The molecule has 0 amide bonds. The normalized spacial score (nSPS) is 12.5. The van der Waals surface area contributed by atoms with Crippen molar-refractivity contribution in [1.82, 2.24) is 0 Å². The molecule has 0 heterocycles. The lowest BCUT2D eigenvalue weighted by molar-refractivity contribution is 0.220. The molecule has 19 heavy (non-hydrogen) atoms. The molecular formula is C15H13Br2FO. The first-order valence-corrected chi connectivity index (χ1v) is 7.38. The van der Waals surface area contributed by atoms with Crippen LogP contribution in [0, 0.1) is 19.7 Å². The lowest BCUT2D eigenvalue weighted by Gasteiger charge is -2.15. The minimum atomic E-state index is -0.771. The number of hydrogen-bond acceptors (Lipinski definition) is 1. The zero-order valence-electron chi connectivity index (χ0n) is 10.5. The molecular weight excluding hydrogens is 375 g/mol. The quantitative estimate of drug-likeness (QED) is 0.764. The second kappa shape index (κ2) is 5.73. The van der Waals surface area contributed by atoms with Gasteiger partial charge in [0, 0.05) is 8.95 Å². The smallest absolute Gasteiger partial charge is 0.129 e. The zero-order chi connectivity index (χ0) is 14.2. The number of rotatable bonds is 2. The van der Waals surface area contributed by atoms with Crippen molar-refractivity contribution < 1.29 is 9.50 Å². The van der Waals surface area contributed by atoms with E-state index in [-0.39, 0.29) is 5.82 Å². The summed E-state index contributed by atoms with van der Waals surface area (Å²) in [5, 5.41) is 10.4. The molecule has 0 saturated heterocycles. The molecule has 0 saturated carbocycles. The predicted molar refractivity (Wildman–Crippen MR) is 81.8 cm³/mol. The van der Waals surface area contributed by atoms with E-state index < -0.39 is 6.10 Å². The highest BCUT2D eigenvalue weighted by Crippen LogP contribution is 2.29. The molecule has 2 rings (SSSR count). The molecule has 100 valence electrons. The number of aliphatic hydroxyl groups is 1. The summed E-state index contributed by atoms with van der Waals surface area (Å²) in [7, 11) is 0.